The monoisotopic (exact) mass is 418 g/mol. The van der Waals surface area contributed by atoms with E-state index in [0.29, 0.717) is 30.6 Å². The smallest absolute Gasteiger partial charge is 0.410 e. The van der Waals surface area contributed by atoms with Crippen LogP contribution in [0.4, 0.5) is 10.6 Å². The minimum absolute atomic E-state index is 0.0293. The third kappa shape index (κ3) is 5.31. The molecule has 9 heteroatoms. The van der Waals surface area contributed by atoms with E-state index in [0.717, 1.165) is 18.5 Å². The van der Waals surface area contributed by atoms with Crippen LogP contribution in [0.3, 0.4) is 0 Å². The molecule has 1 saturated heterocycles. The van der Waals surface area contributed by atoms with Gasteiger partial charge in [0, 0.05) is 19.1 Å². The molecule has 0 aliphatic carbocycles. The Balaban J connectivity index is 1.75. The number of hydrogen-bond donors (Lipinski definition) is 1. The number of likely N-dealkylation sites (tertiary alicyclic amines) is 1. The van der Waals surface area contributed by atoms with Crippen LogP contribution in [0.5, 0.6) is 6.01 Å². The summed E-state index contributed by atoms with van der Waals surface area (Å²) in [5.41, 5.74) is 1.20. The number of ether oxygens (including phenoxy) is 2. The minimum Gasteiger partial charge on any atom is -0.460 e. The Kier molecular flexibility index (Phi) is 6.38. The zero-order valence-corrected chi connectivity index (χ0v) is 19.1. The van der Waals surface area contributed by atoms with Gasteiger partial charge in [-0.25, -0.2) is 14.3 Å². The summed E-state index contributed by atoms with van der Waals surface area (Å²) >= 11 is 0. The van der Waals surface area contributed by atoms with E-state index in [1.807, 2.05) is 45.3 Å². The summed E-state index contributed by atoms with van der Waals surface area (Å²) in [6, 6.07) is 0.500. The Morgan fingerprint density at radius 2 is 1.87 bits per heavy atom. The number of nitrogens with zero attached hydrogens (tertiary/aromatic N) is 5. The highest BCUT2D eigenvalue weighted by atomic mass is 16.6. The number of anilines is 1. The number of amides is 1. The fraction of sp³-hybridized carbons (Fsp3) is 0.714. The molecule has 0 saturated carbocycles. The quantitative estimate of drug-likeness (QED) is 0.788. The first-order valence-electron chi connectivity index (χ1n) is 10.7. The van der Waals surface area contributed by atoms with Gasteiger partial charge in [0.1, 0.15) is 5.60 Å². The Labute approximate surface area is 178 Å². The summed E-state index contributed by atoms with van der Waals surface area (Å²) in [5, 5.41) is 8.04. The van der Waals surface area contributed by atoms with Crippen molar-refractivity contribution in [2.24, 2.45) is 0 Å². The van der Waals surface area contributed by atoms with Crippen molar-refractivity contribution < 1.29 is 14.3 Å². The highest BCUT2D eigenvalue weighted by Gasteiger charge is 2.28. The number of hydrogen-bond acceptors (Lipinski definition) is 7. The van der Waals surface area contributed by atoms with Gasteiger partial charge in [0.2, 0.25) is 0 Å². The summed E-state index contributed by atoms with van der Waals surface area (Å²) < 4.78 is 13.1. The number of aromatic nitrogens is 4. The van der Waals surface area contributed by atoms with E-state index in [9.17, 15) is 4.79 Å². The third-order valence-electron chi connectivity index (χ3n) is 4.79. The maximum Gasteiger partial charge on any atom is 0.410 e. The Bertz CT molecular complexity index is 879. The first-order valence-corrected chi connectivity index (χ1v) is 10.7. The van der Waals surface area contributed by atoms with Crippen molar-refractivity contribution in [2.45, 2.75) is 85.0 Å². The normalized spacial score (nSPS) is 15.8. The SMILES string of the molecule is CC(C)Oc1nc(NC2CCN(C(=O)OC(C)(C)C)CC2)c2ncc(C(C)C)n2n1. The summed E-state index contributed by atoms with van der Waals surface area (Å²) in [7, 11) is 0. The lowest BCUT2D eigenvalue weighted by molar-refractivity contribution is 0.0210. The lowest BCUT2D eigenvalue weighted by Gasteiger charge is -2.33. The second kappa shape index (κ2) is 8.65. The number of fused-ring (bicyclic) bond motifs is 1. The molecule has 0 bridgehead atoms. The van der Waals surface area contributed by atoms with Gasteiger partial charge in [-0.05, 0) is 53.4 Å². The van der Waals surface area contributed by atoms with Crippen LogP contribution >= 0.6 is 0 Å². The van der Waals surface area contributed by atoms with Gasteiger partial charge in [0.05, 0.1) is 18.0 Å². The van der Waals surface area contributed by atoms with Crippen LogP contribution in [-0.2, 0) is 4.74 Å². The lowest BCUT2D eigenvalue weighted by atomic mass is 10.1. The summed E-state index contributed by atoms with van der Waals surface area (Å²) in [6.07, 6.45) is 3.15. The molecule has 3 rings (SSSR count). The van der Waals surface area contributed by atoms with Crippen molar-refractivity contribution in [1.29, 1.82) is 0 Å². The number of carbonyl (C=O) groups excluding carboxylic acids is 1. The van der Waals surface area contributed by atoms with E-state index < -0.39 is 5.60 Å². The fourth-order valence-corrected chi connectivity index (χ4v) is 3.36. The molecule has 0 radical (unpaired) electrons. The van der Waals surface area contributed by atoms with Crippen molar-refractivity contribution in [3.05, 3.63) is 11.9 Å². The topological polar surface area (TPSA) is 93.9 Å². The van der Waals surface area contributed by atoms with Gasteiger partial charge in [-0.15, -0.1) is 5.10 Å². The van der Waals surface area contributed by atoms with E-state index in [2.05, 4.69) is 34.2 Å². The van der Waals surface area contributed by atoms with Gasteiger partial charge in [0.25, 0.3) is 0 Å². The highest BCUT2D eigenvalue weighted by molar-refractivity contribution is 5.68. The van der Waals surface area contributed by atoms with Crippen LogP contribution in [0.25, 0.3) is 5.65 Å². The number of imidazole rings is 1. The molecule has 3 heterocycles. The van der Waals surface area contributed by atoms with Gasteiger partial charge in [-0.2, -0.15) is 4.98 Å². The molecule has 30 heavy (non-hydrogen) atoms. The van der Waals surface area contributed by atoms with E-state index in [-0.39, 0.29) is 24.2 Å². The third-order valence-corrected chi connectivity index (χ3v) is 4.79. The Morgan fingerprint density at radius 1 is 1.20 bits per heavy atom. The van der Waals surface area contributed by atoms with Crippen LogP contribution in [0.2, 0.25) is 0 Å². The molecule has 9 nitrogen and oxygen atoms in total. The number of carbonyl (C=O) groups is 1. The van der Waals surface area contributed by atoms with Crippen molar-refractivity contribution in [2.75, 3.05) is 18.4 Å². The van der Waals surface area contributed by atoms with Crippen molar-refractivity contribution in [3.8, 4) is 6.01 Å². The molecule has 166 valence electrons. The Hall–Kier alpha value is -2.58. The first-order chi connectivity index (χ1) is 14.0. The molecule has 2 aromatic rings. The molecule has 1 aliphatic heterocycles. The molecule has 0 spiro atoms. The van der Waals surface area contributed by atoms with E-state index in [4.69, 9.17) is 9.47 Å². The molecule has 0 unspecified atom stereocenters. The predicted octanol–water partition coefficient (Wildman–Crippen LogP) is 3.85. The molecule has 0 atom stereocenters. The second-order valence-corrected chi connectivity index (χ2v) is 9.37. The van der Waals surface area contributed by atoms with Crippen molar-refractivity contribution in [3.63, 3.8) is 0 Å². The average Bonchev–Trinajstić information content (AvgIpc) is 3.04. The first kappa shape index (κ1) is 22.1. The minimum atomic E-state index is -0.486. The van der Waals surface area contributed by atoms with Gasteiger partial charge >= 0.3 is 12.1 Å². The number of rotatable bonds is 5. The molecular formula is C21H34N6O3. The van der Waals surface area contributed by atoms with Crippen LogP contribution in [0, 0.1) is 0 Å². The van der Waals surface area contributed by atoms with E-state index in [1.165, 1.54) is 0 Å². The van der Waals surface area contributed by atoms with Gasteiger partial charge in [0.15, 0.2) is 11.5 Å². The highest BCUT2D eigenvalue weighted by Crippen LogP contribution is 2.24. The molecule has 1 fully saturated rings. The van der Waals surface area contributed by atoms with Crippen LogP contribution < -0.4 is 10.1 Å². The molecule has 1 amide bonds. The maximum atomic E-state index is 12.3. The van der Waals surface area contributed by atoms with Gasteiger partial charge in [-0.3, -0.25) is 0 Å². The largest absolute Gasteiger partial charge is 0.460 e. The van der Waals surface area contributed by atoms with Crippen LogP contribution in [-0.4, -0.2) is 61.4 Å². The molecule has 2 aromatic heterocycles. The summed E-state index contributed by atoms with van der Waals surface area (Å²) in [6.45, 7) is 15.0. The van der Waals surface area contributed by atoms with Gasteiger partial charge in [-0.1, -0.05) is 13.8 Å². The second-order valence-electron chi connectivity index (χ2n) is 9.37. The van der Waals surface area contributed by atoms with Crippen molar-refractivity contribution >= 4 is 17.6 Å². The zero-order valence-electron chi connectivity index (χ0n) is 19.1. The standard InChI is InChI=1S/C21H34N6O3/c1-13(2)16-12-22-18-17(24-19(25-27(16)18)29-14(3)4)23-15-8-10-26(11-9-15)20(28)30-21(5,6)7/h12-15H,8-11H2,1-7H3,(H,23,24,25). The van der Waals surface area contributed by atoms with Gasteiger partial charge < -0.3 is 19.7 Å². The van der Waals surface area contributed by atoms with Crippen LogP contribution in [0.1, 0.15) is 72.9 Å². The molecule has 0 aromatic carbocycles. The van der Waals surface area contributed by atoms with Crippen molar-refractivity contribution in [1.82, 2.24) is 24.5 Å². The average molecular weight is 419 g/mol. The summed E-state index contributed by atoms with van der Waals surface area (Å²) in [5.74, 6) is 0.926. The van der Waals surface area contributed by atoms with E-state index in [1.54, 1.807) is 4.90 Å². The summed E-state index contributed by atoms with van der Waals surface area (Å²) in [4.78, 5) is 23.2. The lowest BCUT2D eigenvalue weighted by Crippen LogP contribution is -2.44. The maximum absolute atomic E-state index is 12.3. The molecular weight excluding hydrogens is 384 g/mol. The predicted molar refractivity (Wildman–Crippen MR) is 115 cm³/mol. The molecule has 1 N–H and O–H groups in total. The van der Waals surface area contributed by atoms with E-state index >= 15 is 0 Å². The number of piperidine rings is 1. The Morgan fingerprint density at radius 3 is 2.43 bits per heavy atom. The zero-order chi connectivity index (χ0) is 22.1. The number of nitrogens with one attached hydrogen (secondary N) is 1. The fourth-order valence-electron chi connectivity index (χ4n) is 3.36. The van der Waals surface area contributed by atoms with Crippen LogP contribution in [0.15, 0.2) is 6.20 Å². The molecule has 1 aliphatic rings.